The second kappa shape index (κ2) is 6.93. The molecule has 0 fully saturated rings. The van der Waals surface area contributed by atoms with Crippen molar-refractivity contribution in [3.8, 4) is 0 Å². The Labute approximate surface area is 119 Å². The van der Waals surface area contributed by atoms with Gasteiger partial charge in [-0.3, -0.25) is 4.79 Å². The fourth-order valence-electron chi connectivity index (χ4n) is 1.68. The Morgan fingerprint density at radius 3 is 2.60 bits per heavy atom. The normalized spacial score (nSPS) is 10.9. The second-order valence-corrected chi connectivity index (χ2v) is 5.60. The zero-order valence-electron chi connectivity index (χ0n) is 12.2. The molecule has 0 atom stereocenters. The predicted molar refractivity (Wildman–Crippen MR) is 77.5 cm³/mol. The standard InChI is InChI=1S/C15H22N2O3/c1-15(2,3)20-14(19)17-9-5-7-11-6-4-8-12(10-11)13(16)18/h4,6,8,10H,5,7,9H2,1-3H3,(H2,16,18)(H,17,19). The van der Waals surface area contributed by atoms with Crippen LogP contribution in [0.4, 0.5) is 4.79 Å². The number of rotatable bonds is 5. The topological polar surface area (TPSA) is 81.4 Å². The highest BCUT2D eigenvalue weighted by Crippen LogP contribution is 2.08. The summed E-state index contributed by atoms with van der Waals surface area (Å²) in [6, 6.07) is 7.19. The third kappa shape index (κ3) is 6.22. The van der Waals surface area contributed by atoms with Crippen molar-refractivity contribution < 1.29 is 14.3 Å². The number of nitrogens with two attached hydrogens (primary N) is 1. The average Bonchev–Trinajstić information content (AvgIpc) is 2.33. The maximum Gasteiger partial charge on any atom is 0.407 e. The van der Waals surface area contributed by atoms with Crippen LogP contribution in [0.5, 0.6) is 0 Å². The summed E-state index contributed by atoms with van der Waals surface area (Å²) in [6.45, 7) is 5.99. The second-order valence-electron chi connectivity index (χ2n) is 5.60. The fourth-order valence-corrected chi connectivity index (χ4v) is 1.68. The number of carbonyl (C=O) groups excluding carboxylic acids is 2. The summed E-state index contributed by atoms with van der Waals surface area (Å²) in [6.07, 6.45) is 1.11. The van der Waals surface area contributed by atoms with E-state index < -0.39 is 17.6 Å². The van der Waals surface area contributed by atoms with Gasteiger partial charge in [0.15, 0.2) is 0 Å². The maximum absolute atomic E-state index is 11.4. The lowest BCUT2D eigenvalue weighted by Gasteiger charge is -2.19. The van der Waals surface area contributed by atoms with Crippen LogP contribution in [0.25, 0.3) is 0 Å². The smallest absolute Gasteiger partial charge is 0.407 e. The first kappa shape index (κ1) is 16.0. The van der Waals surface area contributed by atoms with Crippen LogP contribution in [0.1, 0.15) is 43.1 Å². The Morgan fingerprint density at radius 1 is 1.30 bits per heavy atom. The average molecular weight is 278 g/mol. The van der Waals surface area contributed by atoms with Crippen LogP contribution in [-0.4, -0.2) is 24.1 Å². The van der Waals surface area contributed by atoms with Gasteiger partial charge < -0.3 is 15.8 Å². The van der Waals surface area contributed by atoms with Crippen LogP contribution in [-0.2, 0) is 11.2 Å². The third-order valence-corrected chi connectivity index (χ3v) is 2.52. The van der Waals surface area contributed by atoms with Gasteiger partial charge in [0.1, 0.15) is 5.60 Å². The summed E-state index contributed by atoms with van der Waals surface area (Å²) in [7, 11) is 0. The molecule has 0 aliphatic heterocycles. The summed E-state index contributed by atoms with van der Waals surface area (Å²) in [4.78, 5) is 22.5. The van der Waals surface area contributed by atoms with E-state index >= 15 is 0 Å². The molecule has 5 nitrogen and oxygen atoms in total. The first-order valence-electron chi connectivity index (χ1n) is 6.63. The molecule has 0 unspecified atom stereocenters. The predicted octanol–water partition coefficient (Wildman–Crippen LogP) is 2.24. The zero-order valence-corrected chi connectivity index (χ0v) is 12.2. The number of hydrogen-bond donors (Lipinski definition) is 2. The van der Waals surface area contributed by atoms with E-state index in [0.717, 1.165) is 18.4 Å². The molecule has 0 heterocycles. The molecule has 0 aromatic heterocycles. The third-order valence-electron chi connectivity index (χ3n) is 2.52. The van der Waals surface area contributed by atoms with Crippen LogP contribution in [0.2, 0.25) is 0 Å². The van der Waals surface area contributed by atoms with E-state index in [1.165, 1.54) is 0 Å². The van der Waals surface area contributed by atoms with Gasteiger partial charge in [0.25, 0.3) is 0 Å². The lowest BCUT2D eigenvalue weighted by molar-refractivity contribution is 0.0527. The van der Waals surface area contributed by atoms with E-state index in [9.17, 15) is 9.59 Å². The van der Waals surface area contributed by atoms with Gasteiger partial charge in [0, 0.05) is 12.1 Å². The van der Waals surface area contributed by atoms with Crippen molar-refractivity contribution in [2.24, 2.45) is 5.73 Å². The molecule has 0 saturated carbocycles. The largest absolute Gasteiger partial charge is 0.444 e. The van der Waals surface area contributed by atoms with Crippen molar-refractivity contribution in [2.45, 2.75) is 39.2 Å². The lowest BCUT2D eigenvalue weighted by Crippen LogP contribution is -2.33. The van der Waals surface area contributed by atoms with Gasteiger partial charge in [-0.1, -0.05) is 12.1 Å². The van der Waals surface area contributed by atoms with E-state index in [1.54, 1.807) is 18.2 Å². The van der Waals surface area contributed by atoms with Crippen LogP contribution < -0.4 is 11.1 Å². The van der Waals surface area contributed by atoms with Crippen LogP contribution >= 0.6 is 0 Å². The minimum atomic E-state index is -0.486. The molecule has 20 heavy (non-hydrogen) atoms. The van der Waals surface area contributed by atoms with Gasteiger partial charge in [-0.2, -0.15) is 0 Å². The Kier molecular flexibility index (Phi) is 5.55. The SMILES string of the molecule is CC(C)(C)OC(=O)NCCCc1cccc(C(N)=O)c1. The Bertz CT molecular complexity index is 478. The maximum atomic E-state index is 11.4. The first-order chi connectivity index (χ1) is 9.28. The van der Waals surface area contributed by atoms with E-state index in [4.69, 9.17) is 10.5 Å². The highest BCUT2D eigenvalue weighted by molar-refractivity contribution is 5.92. The number of benzene rings is 1. The van der Waals surface area contributed by atoms with Crippen molar-refractivity contribution in [1.82, 2.24) is 5.32 Å². The van der Waals surface area contributed by atoms with Gasteiger partial charge in [-0.05, 0) is 51.3 Å². The van der Waals surface area contributed by atoms with Crippen LogP contribution in [0.15, 0.2) is 24.3 Å². The monoisotopic (exact) mass is 278 g/mol. The van der Waals surface area contributed by atoms with Crippen LogP contribution in [0, 0.1) is 0 Å². The molecule has 1 rings (SSSR count). The summed E-state index contributed by atoms with van der Waals surface area (Å²) >= 11 is 0. The molecule has 2 amide bonds. The number of primary amides is 1. The number of amides is 2. The molecule has 1 aromatic rings. The number of nitrogens with one attached hydrogen (secondary N) is 1. The number of hydrogen-bond acceptors (Lipinski definition) is 3. The van der Waals surface area contributed by atoms with Gasteiger partial charge in [-0.25, -0.2) is 4.79 Å². The molecule has 0 saturated heterocycles. The molecular weight excluding hydrogens is 256 g/mol. The molecule has 0 aliphatic carbocycles. The quantitative estimate of drug-likeness (QED) is 0.810. The van der Waals surface area contributed by atoms with Crippen molar-refractivity contribution in [2.75, 3.05) is 6.54 Å². The highest BCUT2D eigenvalue weighted by Gasteiger charge is 2.15. The van der Waals surface area contributed by atoms with Crippen LogP contribution in [0.3, 0.4) is 0 Å². The zero-order chi connectivity index (χ0) is 15.2. The van der Waals surface area contributed by atoms with Gasteiger partial charge in [0.05, 0.1) is 0 Å². The number of ether oxygens (including phenoxy) is 1. The summed E-state index contributed by atoms with van der Waals surface area (Å²) in [5.41, 5.74) is 6.26. The van der Waals surface area contributed by atoms with E-state index in [-0.39, 0.29) is 0 Å². The number of alkyl carbamates (subject to hydrolysis) is 1. The molecule has 110 valence electrons. The van der Waals surface area contributed by atoms with Gasteiger partial charge in [0.2, 0.25) is 5.91 Å². The first-order valence-corrected chi connectivity index (χ1v) is 6.63. The Balaban J connectivity index is 2.33. The summed E-state index contributed by atoms with van der Waals surface area (Å²) in [5, 5.41) is 2.69. The van der Waals surface area contributed by atoms with Crippen molar-refractivity contribution >= 4 is 12.0 Å². The molecule has 1 aromatic carbocycles. The molecule has 0 bridgehead atoms. The summed E-state index contributed by atoms with van der Waals surface area (Å²) < 4.78 is 5.13. The van der Waals surface area contributed by atoms with E-state index in [1.807, 2.05) is 26.8 Å². The molecular formula is C15H22N2O3. The molecule has 0 radical (unpaired) electrons. The lowest BCUT2D eigenvalue weighted by atomic mass is 10.1. The highest BCUT2D eigenvalue weighted by atomic mass is 16.6. The molecule has 5 heteroatoms. The minimum Gasteiger partial charge on any atom is -0.444 e. The van der Waals surface area contributed by atoms with Crippen molar-refractivity contribution in [3.63, 3.8) is 0 Å². The molecule has 0 spiro atoms. The van der Waals surface area contributed by atoms with E-state index in [2.05, 4.69) is 5.32 Å². The molecule has 3 N–H and O–H groups in total. The summed E-state index contributed by atoms with van der Waals surface area (Å²) in [5.74, 6) is -0.432. The number of carbonyl (C=O) groups is 2. The Hall–Kier alpha value is -2.04. The molecule has 0 aliphatic rings. The van der Waals surface area contributed by atoms with Crippen molar-refractivity contribution in [1.29, 1.82) is 0 Å². The van der Waals surface area contributed by atoms with Crippen molar-refractivity contribution in [3.05, 3.63) is 35.4 Å². The minimum absolute atomic E-state index is 0.414. The fraction of sp³-hybridized carbons (Fsp3) is 0.467. The number of aryl methyl sites for hydroxylation is 1. The van der Waals surface area contributed by atoms with Gasteiger partial charge >= 0.3 is 6.09 Å². The van der Waals surface area contributed by atoms with Gasteiger partial charge in [-0.15, -0.1) is 0 Å². The Morgan fingerprint density at radius 2 is 2.00 bits per heavy atom. The van der Waals surface area contributed by atoms with E-state index in [0.29, 0.717) is 12.1 Å².